The molecule has 2 aromatic carbocycles. The van der Waals surface area contributed by atoms with Crippen molar-refractivity contribution in [1.29, 1.82) is 0 Å². The fourth-order valence-electron chi connectivity index (χ4n) is 1.91. The summed E-state index contributed by atoms with van der Waals surface area (Å²) < 4.78 is 0. The Labute approximate surface area is 152 Å². The number of hydrogen-bond donors (Lipinski definition) is 2. The van der Waals surface area contributed by atoms with Crippen molar-refractivity contribution in [3.63, 3.8) is 0 Å². The number of allylic oxidation sites excluding steroid dienone is 2. The molecule has 0 radical (unpaired) electrons. The largest absolute Gasteiger partial charge is 0.367 e. The van der Waals surface area contributed by atoms with Crippen molar-refractivity contribution in [1.82, 2.24) is 11.0 Å². The number of nitrogens with one attached hydrogen (secondary N) is 2. The fourth-order valence-corrected chi connectivity index (χ4v) is 1.91. The molecule has 0 bridgehead atoms. The van der Waals surface area contributed by atoms with Crippen LogP contribution in [0.15, 0.2) is 85.0 Å². The number of carbonyl (C=O) groups is 2. The predicted molar refractivity (Wildman–Crippen MR) is 97.0 cm³/mol. The van der Waals surface area contributed by atoms with E-state index in [0.29, 0.717) is 13.1 Å². The van der Waals surface area contributed by atoms with Gasteiger partial charge in [0.25, 0.3) is 0 Å². The number of hydrogen-bond acceptors (Lipinski definition) is 6. The molecule has 0 aliphatic rings. The second-order valence-electron chi connectivity index (χ2n) is 5.17. The summed E-state index contributed by atoms with van der Waals surface area (Å²) in [5, 5.41) is 0. The maximum atomic E-state index is 11.5. The van der Waals surface area contributed by atoms with Crippen LogP contribution >= 0.6 is 0 Å². The zero-order valence-electron chi connectivity index (χ0n) is 14.1. The first-order valence-corrected chi connectivity index (χ1v) is 8.04. The molecule has 0 fully saturated rings. The summed E-state index contributed by atoms with van der Waals surface area (Å²) in [5.41, 5.74) is 7.13. The van der Waals surface area contributed by atoms with Crippen LogP contribution in [0.4, 0.5) is 0 Å². The Kier molecular flexibility index (Phi) is 8.35. The van der Waals surface area contributed by atoms with Crippen molar-refractivity contribution < 1.29 is 19.3 Å². The van der Waals surface area contributed by atoms with Gasteiger partial charge in [-0.3, -0.25) is 0 Å². The highest BCUT2D eigenvalue weighted by Gasteiger charge is 1.98. The Morgan fingerprint density at radius 2 is 1.08 bits per heavy atom. The van der Waals surface area contributed by atoms with Crippen LogP contribution in [0, 0.1) is 0 Å². The molecule has 0 saturated carbocycles. The van der Waals surface area contributed by atoms with E-state index >= 15 is 0 Å². The maximum Gasteiger partial charge on any atom is 0.349 e. The monoisotopic (exact) mass is 352 g/mol. The van der Waals surface area contributed by atoms with Crippen molar-refractivity contribution in [2.45, 2.75) is 13.1 Å². The Hall–Kier alpha value is -3.22. The molecule has 0 spiro atoms. The molecular weight excluding hydrogens is 332 g/mol. The molecular formula is C20H20N2O4. The third-order valence-electron chi connectivity index (χ3n) is 3.16. The smallest absolute Gasteiger partial charge is 0.349 e. The zero-order chi connectivity index (χ0) is 18.5. The zero-order valence-corrected chi connectivity index (χ0v) is 14.1. The molecule has 26 heavy (non-hydrogen) atoms. The van der Waals surface area contributed by atoms with Crippen LogP contribution in [-0.2, 0) is 32.4 Å². The lowest BCUT2D eigenvalue weighted by molar-refractivity contribution is -0.146. The van der Waals surface area contributed by atoms with E-state index in [4.69, 9.17) is 9.68 Å². The second-order valence-corrected chi connectivity index (χ2v) is 5.17. The maximum absolute atomic E-state index is 11.5. The van der Waals surface area contributed by atoms with Gasteiger partial charge in [-0.15, -0.1) is 11.0 Å². The van der Waals surface area contributed by atoms with Crippen molar-refractivity contribution in [3.05, 3.63) is 96.1 Å². The molecule has 134 valence electrons. The molecule has 0 atom stereocenters. The molecule has 0 amide bonds. The normalized spacial score (nSPS) is 10.9. The SMILES string of the molecule is O=C(/C=C\C=C/C(=O)ONCc1ccccc1)ONCc1ccccc1. The quantitative estimate of drug-likeness (QED) is 0.410. The summed E-state index contributed by atoms with van der Waals surface area (Å²) in [5.74, 6) is -1.14. The molecule has 2 rings (SSSR count). The van der Waals surface area contributed by atoms with E-state index in [0.717, 1.165) is 11.1 Å². The van der Waals surface area contributed by atoms with Crippen molar-refractivity contribution in [3.8, 4) is 0 Å². The molecule has 0 aliphatic heterocycles. The minimum absolute atomic E-state index is 0.412. The summed E-state index contributed by atoms with van der Waals surface area (Å²) >= 11 is 0. The number of rotatable bonds is 9. The van der Waals surface area contributed by atoms with Gasteiger partial charge in [0.2, 0.25) is 0 Å². The highest BCUT2D eigenvalue weighted by atomic mass is 16.7. The number of carbonyl (C=O) groups excluding carboxylic acids is 2. The van der Waals surface area contributed by atoms with Gasteiger partial charge in [0.1, 0.15) is 0 Å². The molecule has 0 aliphatic carbocycles. The summed E-state index contributed by atoms with van der Waals surface area (Å²) in [6.45, 7) is 0.825. The lowest BCUT2D eigenvalue weighted by Gasteiger charge is -2.03. The summed E-state index contributed by atoms with van der Waals surface area (Å²) in [7, 11) is 0. The van der Waals surface area contributed by atoms with E-state index in [-0.39, 0.29) is 0 Å². The number of benzene rings is 2. The van der Waals surface area contributed by atoms with Gasteiger partial charge in [0, 0.05) is 12.2 Å². The Bertz CT molecular complexity index is 677. The second kappa shape index (κ2) is 11.4. The molecule has 6 nitrogen and oxygen atoms in total. The lowest BCUT2D eigenvalue weighted by Crippen LogP contribution is -2.18. The first-order chi connectivity index (χ1) is 12.7. The Balaban J connectivity index is 1.58. The van der Waals surface area contributed by atoms with Gasteiger partial charge < -0.3 is 9.68 Å². The molecule has 0 saturated heterocycles. The van der Waals surface area contributed by atoms with Crippen LogP contribution in [0.1, 0.15) is 11.1 Å². The third kappa shape index (κ3) is 8.05. The summed E-state index contributed by atoms with van der Waals surface area (Å²) in [6.07, 6.45) is 5.17. The molecule has 0 heterocycles. The lowest BCUT2D eigenvalue weighted by atomic mass is 10.2. The average molecular weight is 352 g/mol. The van der Waals surface area contributed by atoms with Crippen LogP contribution in [-0.4, -0.2) is 11.9 Å². The highest BCUT2D eigenvalue weighted by Crippen LogP contribution is 1.98. The number of hydroxylamine groups is 2. The topological polar surface area (TPSA) is 76.7 Å². The van der Waals surface area contributed by atoms with Crippen molar-refractivity contribution in [2.75, 3.05) is 0 Å². The van der Waals surface area contributed by atoms with Gasteiger partial charge in [-0.2, -0.15) is 0 Å². The highest BCUT2D eigenvalue weighted by molar-refractivity contribution is 5.84. The minimum Gasteiger partial charge on any atom is -0.367 e. The summed E-state index contributed by atoms with van der Waals surface area (Å²) in [4.78, 5) is 32.6. The molecule has 6 heteroatoms. The summed E-state index contributed by atoms with van der Waals surface area (Å²) in [6, 6.07) is 19.1. The van der Waals surface area contributed by atoms with Crippen molar-refractivity contribution >= 4 is 11.9 Å². The van der Waals surface area contributed by atoms with Gasteiger partial charge in [0.05, 0.1) is 13.1 Å². The van der Waals surface area contributed by atoms with Crippen LogP contribution in [0.5, 0.6) is 0 Å². The van der Waals surface area contributed by atoms with Crippen molar-refractivity contribution in [2.24, 2.45) is 0 Å². The minimum atomic E-state index is -0.568. The molecule has 2 N–H and O–H groups in total. The van der Waals surface area contributed by atoms with E-state index in [1.807, 2.05) is 60.7 Å². The van der Waals surface area contributed by atoms with Gasteiger partial charge in [-0.1, -0.05) is 72.8 Å². The van der Waals surface area contributed by atoms with E-state index in [2.05, 4.69) is 11.0 Å². The van der Waals surface area contributed by atoms with E-state index < -0.39 is 11.9 Å². The van der Waals surface area contributed by atoms with Crippen LogP contribution in [0.25, 0.3) is 0 Å². The van der Waals surface area contributed by atoms with E-state index in [9.17, 15) is 9.59 Å². The van der Waals surface area contributed by atoms with E-state index in [1.54, 1.807) is 0 Å². The third-order valence-corrected chi connectivity index (χ3v) is 3.16. The Morgan fingerprint density at radius 3 is 1.46 bits per heavy atom. The van der Waals surface area contributed by atoms with Gasteiger partial charge >= 0.3 is 11.9 Å². The first-order valence-electron chi connectivity index (χ1n) is 8.04. The van der Waals surface area contributed by atoms with Gasteiger partial charge in [0.15, 0.2) is 0 Å². The molecule has 0 aromatic heterocycles. The average Bonchev–Trinajstić information content (AvgIpc) is 2.67. The van der Waals surface area contributed by atoms with E-state index in [1.165, 1.54) is 24.3 Å². The van der Waals surface area contributed by atoms with Crippen LogP contribution < -0.4 is 11.0 Å². The standard InChI is InChI=1S/C20H20N2O4/c23-19(25-21-15-17-9-3-1-4-10-17)13-7-8-14-20(24)26-22-16-18-11-5-2-6-12-18/h1-14,21-22H,15-16H2/b13-7-,14-8-. The van der Waals surface area contributed by atoms with Crippen LogP contribution in [0.3, 0.4) is 0 Å². The predicted octanol–water partition coefficient (Wildman–Crippen LogP) is 2.59. The first kappa shape index (κ1) is 19.1. The molecule has 0 unspecified atom stereocenters. The van der Waals surface area contributed by atoms with Crippen LogP contribution in [0.2, 0.25) is 0 Å². The van der Waals surface area contributed by atoms with Gasteiger partial charge in [-0.25, -0.2) is 9.59 Å². The van der Waals surface area contributed by atoms with Gasteiger partial charge in [-0.05, 0) is 11.1 Å². The molecule has 2 aromatic rings. The fraction of sp³-hybridized carbons (Fsp3) is 0.100. The Morgan fingerprint density at radius 1 is 0.692 bits per heavy atom.